The lowest BCUT2D eigenvalue weighted by atomic mass is 10.1. The van der Waals surface area contributed by atoms with E-state index in [0.717, 1.165) is 0 Å². The highest BCUT2D eigenvalue weighted by Crippen LogP contribution is 2.22. The van der Waals surface area contributed by atoms with Crippen LogP contribution in [0.1, 0.15) is 24.1 Å². The highest BCUT2D eigenvalue weighted by Gasteiger charge is 2.27. The van der Waals surface area contributed by atoms with Gasteiger partial charge in [0.15, 0.2) is 5.82 Å². The maximum atomic E-state index is 13.1. The minimum absolute atomic E-state index is 0.250. The quantitative estimate of drug-likeness (QED) is 0.738. The molecule has 0 radical (unpaired) electrons. The molecule has 1 aliphatic heterocycles. The zero-order valence-electron chi connectivity index (χ0n) is 7.98. The van der Waals surface area contributed by atoms with Crippen molar-refractivity contribution in [2.75, 3.05) is 7.11 Å². The number of alkyl halides is 1. The average molecular weight is 200 g/mol. The van der Waals surface area contributed by atoms with Crippen LogP contribution in [0.2, 0.25) is 0 Å². The predicted molar refractivity (Wildman–Crippen MR) is 47.2 cm³/mol. The van der Waals surface area contributed by atoms with Crippen molar-refractivity contribution >= 4 is 0 Å². The molecule has 1 aliphatic rings. The Balaban J connectivity index is 2.26. The van der Waals surface area contributed by atoms with Gasteiger partial charge in [0.1, 0.15) is 18.6 Å². The van der Waals surface area contributed by atoms with E-state index in [1.165, 1.54) is 4.68 Å². The minimum Gasteiger partial charge on any atom is -0.377 e. The highest BCUT2D eigenvalue weighted by atomic mass is 19.1. The lowest BCUT2D eigenvalue weighted by Gasteiger charge is -2.21. The van der Waals surface area contributed by atoms with Gasteiger partial charge in [-0.2, -0.15) is 5.10 Å². The Morgan fingerprint density at radius 3 is 3.21 bits per heavy atom. The topological polar surface area (TPSA) is 66.0 Å². The molecule has 0 fully saturated rings. The fourth-order valence-corrected chi connectivity index (χ4v) is 1.64. The van der Waals surface area contributed by atoms with E-state index >= 15 is 0 Å². The van der Waals surface area contributed by atoms with Gasteiger partial charge in [-0.15, -0.1) is 0 Å². The van der Waals surface area contributed by atoms with Crippen LogP contribution in [0, 0.1) is 0 Å². The first-order valence-electron chi connectivity index (χ1n) is 4.53. The third-order valence-corrected chi connectivity index (χ3v) is 2.23. The molecule has 2 atom stereocenters. The Morgan fingerprint density at radius 1 is 1.71 bits per heavy atom. The van der Waals surface area contributed by atoms with Crippen molar-refractivity contribution in [1.29, 1.82) is 0 Å². The van der Waals surface area contributed by atoms with Gasteiger partial charge >= 0.3 is 0 Å². The molecule has 0 saturated heterocycles. The normalized spacial score (nSPS) is 26.2. The first kappa shape index (κ1) is 9.54. The maximum Gasteiger partial charge on any atom is 0.176 e. The molecule has 6 heteroatoms. The van der Waals surface area contributed by atoms with Gasteiger partial charge in [-0.25, -0.2) is 14.1 Å². The second kappa shape index (κ2) is 3.62. The standard InChI is InChI=1S/C8H13FN4O/c1-14-4-7-11-8-6(10)2-5(9)3-13(8)12-7/h5-6H,2-4,10H2,1H3. The molecular formula is C8H13FN4O. The van der Waals surface area contributed by atoms with E-state index in [0.29, 0.717) is 24.7 Å². The SMILES string of the molecule is COCc1nc2n(n1)CC(F)CC2N. The number of ether oxygens (including phenoxy) is 1. The van der Waals surface area contributed by atoms with E-state index in [4.69, 9.17) is 10.5 Å². The van der Waals surface area contributed by atoms with E-state index < -0.39 is 6.17 Å². The van der Waals surface area contributed by atoms with Crippen molar-refractivity contribution < 1.29 is 9.13 Å². The number of nitrogens with zero attached hydrogens (tertiary/aromatic N) is 3. The zero-order chi connectivity index (χ0) is 10.1. The third kappa shape index (κ3) is 1.62. The predicted octanol–water partition coefficient (Wildman–Crippen LogP) is 0.166. The summed E-state index contributed by atoms with van der Waals surface area (Å²) >= 11 is 0. The summed E-state index contributed by atoms with van der Waals surface area (Å²) < 4.78 is 19.5. The van der Waals surface area contributed by atoms with Crippen molar-refractivity contribution in [3.8, 4) is 0 Å². The molecule has 2 rings (SSSR count). The van der Waals surface area contributed by atoms with Crippen LogP contribution in [0.15, 0.2) is 0 Å². The fraction of sp³-hybridized carbons (Fsp3) is 0.750. The van der Waals surface area contributed by atoms with Crippen LogP contribution in [0.4, 0.5) is 4.39 Å². The zero-order valence-corrected chi connectivity index (χ0v) is 7.98. The number of fused-ring (bicyclic) bond motifs is 1. The molecule has 78 valence electrons. The summed E-state index contributed by atoms with van der Waals surface area (Å²) in [6.07, 6.45) is -0.597. The van der Waals surface area contributed by atoms with Crippen molar-refractivity contribution in [2.24, 2.45) is 5.73 Å². The Labute approximate surface area is 81.1 Å². The third-order valence-electron chi connectivity index (χ3n) is 2.23. The number of rotatable bonds is 2. The molecule has 1 aromatic rings. The summed E-state index contributed by atoms with van der Waals surface area (Å²) in [7, 11) is 1.57. The number of aromatic nitrogens is 3. The van der Waals surface area contributed by atoms with E-state index in [-0.39, 0.29) is 12.6 Å². The first-order chi connectivity index (χ1) is 6.70. The summed E-state index contributed by atoms with van der Waals surface area (Å²) in [4.78, 5) is 4.19. The smallest absolute Gasteiger partial charge is 0.176 e. The largest absolute Gasteiger partial charge is 0.377 e. The summed E-state index contributed by atoms with van der Waals surface area (Å²) in [5, 5.41) is 4.10. The number of halogens is 1. The van der Waals surface area contributed by atoms with Gasteiger partial charge in [-0.3, -0.25) is 0 Å². The van der Waals surface area contributed by atoms with Crippen LogP contribution in [0.3, 0.4) is 0 Å². The van der Waals surface area contributed by atoms with E-state index in [1.54, 1.807) is 7.11 Å². The van der Waals surface area contributed by atoms with Crippen molar-refractivity contribution in [1.82, 2.24) is 14.8 Å². The molecule has 2 N–H and O–H groups in total. The van der Waals surface area contributed by atoms with Gasteiger partial charge in [-0.1, -0.05) is 0 Å². The number of nitrogens with two attached hydrogens (primary N) is 1. The van der Waals surface area contributed by atoms with E-state index in [2.05, 4.69) is 10.1 Å². The average Bonchev–Trinajstić information content (AvgIpc) is 2.48. The molecule has 0 amide bonds. The maximum absolute atomic E-state index is 13.1. The molecule has 2 unspecified atom stereocenters. The van der Waals surface area contributed by atoms with Gasteiger partial charge in [0.05, 0.1) is 12.6 Å². The minimum atomic E-state index is -0.922. The second-order valence-corrected chi connectivity index (χ2v) is 3.44. The van der Waals surface area contributed by atoms with Crippen molar-refractivity contribution in [2.45, 2.75) is 31.8 Å². The molecular weight excluding hydrogens is 187 g/mol. The van der Waals surface area contributed by atoms with E-state index in [9.17, 15) is 4.39 Å². The van der Waals surface area contributed by atoms with Crippen LogP contribution < -0.4 is 5.73 Å². The molecule has 14 heavy (non-hydrogen) atoms. The van der Waals surface area contributed by atoms with Gasteiger partial charge in [0, 0.05) is 13.5 Å². The Hall–Kier alpha value is -1.01. The Bertz CT molecular complexity index is 327. The summed E-state index contributed by atoms with van der Waals surface area (Å²) in [6.45, 7) is 0.587. The van der Waals surface area contributed by atoms with Crippen LogP contribution in [0.25, 0.3) is 0 Å². The summed E-state index contributed by atoms with van der Waals surface area (Å²) in [6, 6.07) is -0.350. The molecule has 0 bridgehead atoms. The molecule has 2 heterocycles. The van der Waals surface area contributed by atoms with Crippen LogP contribution in [-0.2, 0) is 17.9 Å². The van der Waals surface area contributed by atoms with Crippen molar-refractivity contribution in [3.05, 3.63) is 11.6 Å². The number of hydrogen-bond acceptors (Lipinski definition) is 4. The van der Waals surface area contributed by atoms with Gasteiger partial charge < -0.3 is 10.5 Å². The highest BCUT2D eigenvalue weighted by molar-refractivity contribution is 5.02. The van der Waals surface area contributed by atoms with Crippen LogP contribution in [-0.4, -0.2) is 28.0 Å². The number of methoxy groups -OCH3 is 1. The first-order valence-corrected chi connectivity index (χ1v) is 4.53. The molecule has 0 spiro atoms. The Kier molecular flexibility index (Phi) is 2.47. The monoisotopic (exact) mass is 200 g/mol. The Morgan fingerprint density at radius 2 is 2.50 bits per heavy atom. The van der Waals surface area contributed by atoms with Gasteiger partial charge in [0.25, 0.3) is 0 Å². The van der Waals surface area contributed by atoms with Gasteiger partial charge in [0.2, 0.25) is 0 Å². The van der Waals surface area contributed by atoms with Crippen molar-refractivity contribution in [3.63, 3.8) is 0 Å². The lowest BCUT2D eigenvalue weighted by Crippen LogP contribution is -2.30. The molecule has 0 saturated carbocycles. The van der Waals surface area contributed by atoms with Crippen LogP contribution in [0.5, 0.6) is 0 Å². The summed E-state index contributed by atoms with van der Waals surface area (Å²) in [5.41, 5.74) is 5.74. The molecule has 1 aromatic heterocycles. The van der Waals surface area contributed by atoms with Crippen LogP contribution >= 0.6 is 0 Å². The number of hydrogen-bond donors (Lipinski definition) is 1. The van der Waals surface area contributed by atoms with E-state index in [1.807, 2.05) is 0 Å². The fourth-order valence-electron chi connectivity index (χ4n) is 1.64. The molecule has 0 aliphatic carbocycles. The van der Waals surface area contributed by atoms with Gasteiger partial charge in [-0.05, 0) is 0 Å². The molecule has 5 nitrogen and oxygen atoms in total. The lowest BCUT2D eigenvalue weighted by molar-refractivity contribution is 0.176. The summed E-state index contributed by atoms with van der Waals surface area (Å²) in [5.74, 6) is 1.22. The second-order valence-electron chi connectivity index (χ2n) is 3.44. The molecule has 0 aromatic carbocycles.